The summed E-state index contributed by atoms with van der Waals surface area (Å²) in [4.78, 5) is 30.8. The van der Waals surface area contributed by atoms with Gasteiger partial charge in [0, 0.05) is 39.6 Å². The van der Waals surface area contributed by atoms with Gasteiger partial charge >= 0.3 is 0 Å². The Labute approximate surface area is 220 Å². The number of amides is 2. The summed E-state index contributed by atoms with van der Waals surface area (Å²) in [7, 11) is 0. The van der Waals surface area contributed by atoms with Crippen molar-refractivity contribution in [1.82, 2.24) is 9.80 Å². The highest BCUT2D eigenvalue weighted by atomic mass is 35.5. The summed E-state index contributed by atoms with van der Waals surface area (Å²) in [5.41, 5.74) is 6.56. The molecule has 9 heteroatoms. The van der Waals surface area contributed by atoms with E-state index in [9.17, 15) is 9.59 Å². The molecule has 34 heavy (non-hydrogen) atoms. The monoisotopic (exact) mass is 541 g/mol. The first kappa shape index (κ1) is 25.6. The van der Waals surface area contributed by atoms with Crippen molar-refractivity contribution < 1.29 is 9.59 Å². The van der Waals surface area contributed by atoms with Crippen LogP contribution in [-0.2, 0) is 21.4 Å². The number of primary amides is 1. The highest BCUT2D eigenvalue weighted by molar-refractivity contribution is 6.35. The van der Waals surface area contributed by atoms with Gasteiger partial charge in [-0.2, -0.15) is 0 Å². The Kier molecular flexibility index (Phi) is 8.00. The number of hydrogen-bond donors (Lipinski definition) is 1. The molecule has 1 aliphatic heterocycles. The van der Waals surface area contributed by atoms with Gasteiger partial charge in [-0.15, -0.1) is 0 Å². The van der Waals surface area contributed by atoms with Crippen LogP contribution >= 0.6 is 46.4 Å². The average molecular weight is 543 g/mol. The van der Waals surface area contributed by atoms with Crippen molar-refractivity contribution in [1.29, 1.82) is 0 Å². The van der Waals surface area contributed by atoms with Crippen molar-refractivity contribution in [3.63, 3.8) is 0 Å². The van der Waals surface area contributed by atoms with Gasteiger partial charge < -0.3 is 15.5 Å². The third-order valence-corrected chi connectivity index (χ3v) is 7.99. The van der Waals surface area contributed by atoms with Crippen molar-refractivity contribution in [2.45, 2.75) is 43.6 Å². The largest absolute Gasteiger partial charge is 0.368 e. The molecule has 1 saturated heterocycles. The summed E-state index contributed by atoms with van der Waals surface area (Å²) >= 11 is 25.0. The predicted molar refractivity (Wildman–Crippen MR) is 138 cm³/mol. The maximum Gasteiger partial charge on any atom is 0.240 e. The van der Waals surface area contributed by atoms with Crippen LogP contribution in [0.1, 0.15) is 36.8 Å². The van der Waals surface area contributed by atoms with Gasteiger partial charge in [-0.05, 0) is 74.2 Å². The Bertz CT molecular complexity index is 1080. The number of carbonyl (C=O) groups is 2. The summed E-state index contributed by atoms with van der Waals surface area (Å²) in [5.74, 6) is -0.705. The molecule has 4 rings (SSSR count). The molecule has 2 fully saturated rings. The zero-order valence-corrected chi connectivity index (χ0v) is 21.7. The Morgan fingerprint density at radius 2 is 1.59 bits per heavy atom. The van der Waals surface area contributed by atoms with E-state index < -0.39 is 17.4 Å². The molecule has 0 spiro atoms. The van der Waals surface area contributed by atoms with Crippen LogP contribution in [0.15, 0.2) is 36.4 Å². The lowest BCUT2D eigenvalue weighted by Crippen LogP contribution is -2.54. The van der Waals surface area contributed by atoms with E-state index in [4.69, 9.17) is 52.1 Å². The predicted octanol–water partition coefficient (Wildman–Crippen LogP) is 5.35. The molecule has 1 heterocycles. The fourth-order valence-electron chi connectivity index (χ4n) is 4.79. The van der Waals surface area contributed by atoms with E-state index in [-0.39, 0.29) is 12.3 Å². The summed E-state index contributed by atoms with van der Waals surface area (Å²) in [5, 5.41) is 1.90. The van der Waals surface area contributed by atoms with Gasteiger partial charge in [0.1, 0.15) is 6.04 Å². The second-order valence-corrected chi connectivity index (χ2v) is 10.8. The lowest BCUT2D eigenvalue weighted by Gasteiger charge is -2.35. The third-order valence-electron chi connectivity index (χ3n) is 6.86. The van der Waals surface area contributed by atoms with E-state index in [0.29, 0.717) is 51.6 Å². The lowest BCUT2D eigenvalue weighted by atomic mass is 9.92. The molecule has 1 atom stereocenters. The van der Waals surface area contributed by atoms with Gasteiger partial charge in [0.05, 0.1) is 5.41 Å². The van der Waals surface area contributed by atoms with E-state index in [0.717, 1.165) is 31.5 Å². The van der Waals surface area contributed by atoms with E-state index in [2.05, 4.69) is 4.90 Å². The van der Waals surface area contributed by atoms with Crippen LogP contribution < -0.4 is 5.73 Å². The number of halogens is 4. The number of likely N-dealkylation sites (tertiary alicyclic amines) is 1. The van der Waals surface area contributed by atoms with Crippen molar-refractivity contribution in [2.24, 2.45) is 5.73 Å². The van der Waals surface area contributed by atoms with E-state index >= 15 is 0 Å². The van der Waals surface area contributed by atoms with Crippen molar-refractivity contribution in [3.05, 3.63) is 67.6 Å². The Morgan fingerprint density at radius 3 is 2.15 bits per heavy atom. The van der Waals surface area contributed by atoms with Crippen LogP contribution in [0.2, 0.25) is 20.1 Å². The summed E-state index contributed by atoms with van der Waals surface area (Å²) < 4.78 is 0. The molecule has 0 aromatic heterocycles. The fourth-order valence-corrected chi connectivity index (χ4v) is 5.87. The minimum absolute atomic E-state index is 0.134. The number of nitrogens with two attached hydrogens (primary N) is 1. The molecule has 2 aromatic rings. The molecule has 0 radical (unpaired) electrons. The topological polar surface area (TPSA) is 66.6 Å². The minimum atomic E-state index is -0.850. The first-order valence-electron chi connectivity index (χ1n) is 11.4. The number of nitrogens with zero attached hydrogens (tertiary/aromatic N) is 2. The highest BCUT2D eigenvalue weighted by Crippen LogP contribution is 2.52. The van der Waals surface area contributed by atoms with Crippen LogP contribution in [0.25, 0.3) is 0 Å². The summed E-state index contributed by atoms with van der Waals surface area (Å²) in [6, 6.07) is 9.47. The zero-order valence-electron chi connectivity index (χ0n) is 18.7. The van der Waals surface area contributed by atoms with Crippen LogP contribution in [0.4, 0.5) is 0 Å². The van der Waals surface area contributed by atoms with E-state index in [1.807, 2.05) is 6.07 Å². The average Bonchev–Trinajstić information content (AvgIpc) is 3.41. The molecule has 2 N–H and O–H groups in total. The van der Waals surface area contributed by atoms with E-state index in [1.165, 1.54) is 0 Å². The second kappa shape index (κ2) is 10.6. The van der Waals surface area contributed by atoms with Gasteiger partial charge in [0.25, 0.3) is 0 Å². The smallest absolute Gasteiger partial charge is 0.240 e. The molecular formula is C25H27Cl4N3O2. The number of rotatable bonds is 9. The van der Waals surface area contributed by atoms with Gasteiger partial charge in [0.2, 0.25) is 11.8 Å². The SMILES string of the molecule is NC(=O)[C@H](Cc1ccc(Cl)cc1Cl)N(CCN1CCCC1)C(=O)C1(c2ccc(Cl)cc2Cl)CC1. The molecule has 1 aliphatic carbocycles. The Morgan fingerprint density at radius 1 is 0.971 bits per heavy atom. The normalized spacial score (nSPS) is 18.0. The number of benzene rings is 2. The van der Waals surface area contributed by atoms with Crippen molar-refractivity contribution >= 4 is 58.2 Å². The molecule has 2 aromatic carbocycles. The van der Waals surface area contributed by atoms with Crippen LogP contribution in [0.5, 0.6) is 0 Å². The number of carbonyl (C=O) groups excluding carboxylic acids is 2. The van der Waals surface area contributed by atoms with Crippen LogP contribution in [0, 0.1) is 0 Å². The molecule has 5 nitrogen and oxygen atoms in total. The maximum atomic E-state index is 14.1. The van der Waals surface area contributed by atoms with Gasteiger partial charge in [-0.3, -0.25) is 9.59 Å². The fraction of sp³-hybridized carbons (Fsp3) is 0.440. The standard InChI is InChI=1S/C25H27Cl4N3O2/c26-17-4-3-16(20(28)14-17)13-22(23(30)33)32(12-11-31-9-1-2-10-31)24(34)25(7-8-25)19-6-5-18(27)15-21(19)29/h3-6,14-15,22H,1-2,7-13H2,(H2,30,33)/t22-/m0/s1. The van der Waals surface area contributed by atoms with Crippen molar-refractivity contribution in [3.8, 4) is 0 Å². The lowest BCUT2D eigenvalue weighted by molar-refractivity contribution is -0.141. The zero-order chi connectivity index (χ0) is 24.5. The highest BCUT2D eigenvalue weighted by Gasteiger charge is 2.55. The summed E-state index contributed by atoms with van der Waals surface area (Å²) in [6.45, 7) is 3.04. The molecule has 1 saturated carbocycles. The first-order chi connectivity index (χ1) is 16.2. The van der Waals surface area contributed by atoms with Gasteiger partial charge in [0.15, 0.2) is 0 Å². The Hall–Kier alpha value is -1.50. The third kappa shape index (κ3) is 5.50. The Balaban J connectivity index is 1.66. The molecule has 182 valence electrons. The first-order valence-corrected chi connectivity index (χ1v) is 12.9. The quantitative estimate of drug-likeness (QED) is 0.464. The molecule has 0 bridgehead atoms. The molecule has 2 aliphatic rings. The number of hydrogen-bond acceptors (Lipinski definition) is 3. The molecule has 0 unspecified atom stereocenters. The van der Waals surface area contributed by atoms with Crippen LogP contribution in [-0.4, -0.2) is 53.8 Å². The van der Waals surface area contributed by atoms with Gasteiger partial charge in [-0.1, -0.05) is 58.5 Å². The maximum absolute atomic E-state index is 14.1. The van der Waals surface area contributed by atoms with Crippen molar-refractivity contribution in [2.75, 3.05) is 26.2 Å². The molecular weight excluding hydrogens is 516 g/mol. The van der Waals surface area contributed by atoms with Crippen LogP contribution in [0.3, 0.4) is 0 Å². The van der Waals surface area contributed by atoms with E-state index in [1.54, 1.807) is 35.2 Å². The minimum Gasteiger partial charge on any atom is -0.368 e. The van der Waals surface area contributed by atoms with Gasteiger partial charge in [-0.25, -0.2) is 0 Å². The molecule has 2 amide bonds. The summed E-state index contributed by atoms with van der Waals surface area (Å²) in [6.07, 6.45) is 3.79. The second-order valence-electron chi connectivity index (χ2n) is 9.11.